The van der Waals surface area contributed by atoms with Crippen molar-refractivity contribution in [1.29, 1.82) is 0 Å². The van der Waals surface area contributed by atoms with Crippen molar-refractivity contribution in [3.63, 3.8) is 0 Å². The van der Waals surface area contributed by atoms with E-state index >= 15 is 0 Å². The van der Waals surface area contributed by atoms with Gasteiger partial charge < -0.3 is 10.1 Å². The summed E-state index contributed by atoms with van der Waals surface area (Å²) in [4.78, 5) is 12.4. The lowest BCUT2D eigenvalue weighted by Crippen LogP contribution is -2.23. The lowest BCUT2D eigenvalue weighted by Gasteiger charge is -2.16. The number of nitrogens with zero attached hydrogens (tertiary/aromatic N) is 1. The lowest BCUT2D eigenvalue weighted by atomic mass is 10.1. The molecule has 0 atom stereocenters. The van der Waals surface area contributed by atoms with Crippen LogP contribution in [0.5, 0.6) is 5.75 Å². The Balaban J connectivity index is 2.38. The zero-order chi connectivity index (χ0) is 18.6. The van der Waals surface area contributed by atoms with Gasteiger partial charge in [0.2, 0.25) is 10.0 Å². The van der Waals surface area contributed by atoms with Gasteiger partial charge in [0, 0.05) is 25.3 Å². The van der Waals surface area contributed by atoms with Crippen LogP contribution in [-0.2, 0) is 10.0 Å². The molecule has 0 aliphatic carbocycles. The Morgan fingerprint density at radius 2 is 1.88 bits per heavy atom. The normalized spacial score (nSPS) is 11.4. The molecule has 0 spiro atoms. The Labute approximate surface area is 148 Å². The van der Waals surface area contributed by atoms with Gasteiger partial charge in [-0.2, -0.15) is 0 Å². The summed E-state index contributed by atoms with van der Waals surface area (Å²) in [7, 11) is -0.807. The van der Waals surface area contributed by atoms with Crippen molar-refractivity contribution in [3.05, 3.63) is 53.6 Å². The molecule has 6 nitrogen and oxygen atoms in total. The fraction of sp³-hybridized carbons (Fsp3) is 0.278. The average molecular weight is 362 g/mol. The molecular weight excluding hydrogens is 340 g/mol. The summed E-state index contributed by atoms with van der Waals surface area (Å²) in [6.45, 7) is 4.01. The fourth-order valence-electron chi connectivity index (χ4n) is 2.25. The van der Waals surface area contributed by atoms with Gasteiger partial charge in [0.15, 0.2) is 0 Å². The molecule has 0 aliphatic heterocycles. The highest BCUT2D eigenvalue weighted by Gasteiger charge is 2.23. The molecule has 0 saturated heterocycles. The number of sulfonamides is 1. The summed E-state index contributed by atoms with van der Waals surface area (Å²) in [5.74, 6) is -0.0502. The number of hydrogen-bond donors (Lipinski definition) is 1. The van der Waals surface area contributed by atoms with Gasteiger partial charge in [-0.1, -0.05) is 17.7 Å². The molecule has 0 aromatic heterocycles. The van der Waals surface area contributed by atoms with Crippen LogP contribution in [0.2, 0.25) is 0 Å². The number of amides is 1. The predicted molar refractivity (Wildman–Crippen MR) is 97.6 cm³/mol. The van der Waals surface area contributed by atoms with E-state index in [0.29, 0.717) is 17.9 Å². The van der Waals surface area contributed by atoms with Crippen molar-refractivity contribution in [2.45, 2.75) is 18.7 Å². The maximum atomic E-state index is 12.5. The standard InChI is InChI=1S/C18H22N2O4S/c1-5-24-16-10-9-15(12-17(16)25(22,23)20(3)4)19-18(21)14-8-6-7-13(2)11-14/h6-12H,5H2,1-4H3,(H,19,21). The van der Waals surface area contributed by atoms with Crippen molar-refractivity contribution >= 4 is 21.6 Å². The number of rotatable bonds is 6. The maximum Gasteiger partial charge on any atom is 0.255 e. The fourth-order valence-corrected chi connectivity index (χ4v) is 3.30. The molecule has 1 amide bonds. The lowest BCUT2D eigenvalue weighted by molar-refractivity contribution is 0.102. The number of nitrogens with one attached hydrogen (secondary N) is 1. The van der Waals surface area contributed by atoms with E-state index < -0.39 is 10.0 Å². The number of benzene rings is 2. The van der Waals surface area contributed by atoms with Crippen LogP contribution in [0.25, 0.3) is 0 Å². The van der Waals surface area contributed by atoms with Crippen LogP contribution in [0, 0.1) is 6.92 Å². The molecule has 0 radical (unpaired) electrons. The van der Waals surface area contributed by atoms with Crippen molar-refractivity contribution in [1.82, 2.24) is 4.31 Å². The van der Waals surface area contributed by atoms with Crippen LogP contribution in [0.1, 0.15) is 22.8 Å². The highest BCUT2D eigenvalue weighted by Crippen LogP contribution is 2.29. The van der Waals surface area contributed by atoms with E-state index in [1.54, 1.807) is 37.3 Å². The molecular formula is C18H22N2O4S. The van der Waals surface area contributed by atoms with Gasteiger partial charge in [0.1, 0.15) is 10.6 Å². The highest BCUT2D eigenvalue weighted by molar-refractivity contribution is 7.89. The van der Waals surface area contributed by atoms with E-state index in [2.05, 4.69) is 5.32 Å². The number of carbonyl (C=O) groups excluding carboxylic acids is 1. The van der Waals surface area contributed by atoms with Crippen molar-refractivity contribution in [3.8, 4) is 5.75 Å². The van der Waals surface area contributed by atoms with E-state index in [1.165, 1.54) is 20.2 Å². The largest absolute Gasteiger partial charge is 0.492 e. The molecule has 25 heavy (non-hydrogen) atoms. The van der Waals surface area contributed by atoms with Gasteiger partial charge in [-0.05, 0) is 44.2 Å². The van der Waals surface area contributed by atoms with E-state index in [0.717, 1.165) is 9.87 Å². The number of ether oxygens (including phenoxy) is 1. The van der Waals surface area contributed by atoms with Gasteiger partial charge in [-0.3, -0.25) is 4.79 Å². The molecule has 0 aliphatic rings. The predicted octanol–water partition coefficient (Wildman–Crippen LogP) is 2.90. The summed E-state index contributed by atoms with van der Waals surface area (Å²) in [6.07, 6.45) is 0. The maximum absolute atomic E-state index is 12.5. The molecule has 134 valence electrons. The van der Waals surface area contributed by atoms with E-state index in [1.807, 2.05) is 13.0 Å². The molecule has 0 bridgehead atoms. The first-order valence-corrected chi connectivity index (χ1v) is 9.27. The first kappa shape index (κ1) is 19.0. The van der Waals surface area contributed by atoms with Crippen molar-refractivity contribution in [2.24, 2.45) is 0 Å². The molecule has 2 aromatic carbocycles. The first-order valence-electron chi connectivity index (χ1n) is 7.83. The number of hydrogen-bond acceptors (Lipinski definition) is 4. The Bertz CT molecular complexity index is 876. The molecule has 0 heterocycles. The molecule has 7 heteroatoms. The van der Waals surface area contributed by atoms with Crippen molar-refractivity contribution < 1.29 is 17.9 Å². The number of aryl methyl sites for hydroxylation is 1. The van der Waals surface area contributed by atoms with E-state index in [4.69, 9.17) is 4.74 Å². The van der Waals surface area contributed by atoms with Gasteiger partial charge >= 0.3 is 0 Å². The van der Waals surface area contributed by atoms with Crippen LogP contribution in [-0.4, -0.2) is 39.3 Å². The van der Waals surface area contributed by atoms with Gasteiger partial charge in [-0.15, -0.1) is 0 Å². The minimum Gasteiger partial charge on any atom is -0.492 e. The third-order valence-corrected chi connectivity index (χ3v) is 5.38. The molecule has 0 saturated carbocycles. The van der Waals surface area contributed by atoms with Crippen LogP contribution in [0.4, 0.5) is 5.69 Å². The average Bonchev–Trinajstić information content (AvgIpc) is 2.56. The van der Waals surface area contributed by atoms with Crippen LogP contribution in [0.3, 0.4) is 0 Å². The zero-order valence-corrected chi connectivity index (χ0v) is 15.6. The summed E-state index contributed by atoms with van der Waals surface area (Å²) in [5, 5.41) is 2.73. The third-order valence-electron chi connectivity index (χ3n) is 3.54. The Morgan fingerprint density at radius 1 is 1.16 bits per heavy atom. The third kappa shape index (κ3) is 4.37. The molecule has 2 rings (SSSR count). The zero-order valence-electron chi connectivity index (χ0n) is 14.7. The molecule has 0 fully saturated rings. The summed E-state index contributed by atoms with van der Waals surface area (Å²) in [5.41, 5.74) is 1.86. The second-order valence-corrected chi connectivity index (χ2v) is 7.83. The minimum absolute atomic E-state index is 0.0152. The SMILES string of the molecule is CCOc1ccc(NC(=O)c2cccc(C)c2)cc1S(=O)(=O)N(C)C. The quantitative estimate of drug-likeness (QED) is 0.857. The van der Waals surface area contributed by atoms with Gasteiger partial charge in [0.05, 0.1) is 6.61 Å². The van der Waals surface area contributed by atoms with E-state index in [-0.39, 0.29) is 16.6 Å². The number of anilines is 1. The van der Waals surface area contributed by atoms with Gasteiger partial charge in [0.25, 0.3) is 5.91 Å². The Morgan fingerprint density at radius 3 is 2.48 bits per heavy atom. The van der Waals surface area contributed by atoms with Crippen LogP contribution >= 0.6 is 0 Å². The highest BCUT2D eigenvalue weighted by atomic mass is 32.2. The smallest absolute Gasteiger partial charge is 0.255 e. The monoisotopic (exact) mass is 362 g/mol. The first-order chi connectivity index (χ1) is 11.8. The molecule has 1 N–H and O–H groups in total. The minimum atomic E-state index is -3.70. The molecule has 0 unspecified atom stereocenters. The number of carbonyl (C=O) groups is 1. The van der Waals surface area contributed by atoms with Crippen molar-refractivity contribution in [2.75, 3.05) is 26.0 Å². The summed E-state index contributed by atoms with van der Waals surface area (Å²) in [6, 6.07) is 11.7. The second kappa shape index (κ2) is 7.67. The second-order valence-electron chi connectivity index (χ2n) is 5.71. The summed E-state index contributed by atoms with van der Waals surface area (Å²) < 4.78 is 31.6. The van der Waals surface area contributed by atoms with E-state index in [9.17, 15) is 13.2 Å². The Kier molecular flexibility index (Phi) is 5.81. The Hall–Kier alpha value is -2.38. The molecule has 2 aromatic rings. The van der Waals surface area contributed by atoms with Gasteiger partial charge in [-0.25, -0.2) is 12.7 Å². The van der Waals surface area contributed by atoms with Crippen LogP contribution < -0.4 is 10.1 Å². The topological polar surface area (TPSA) is 75.7 Å². The van der Waals surface area contributed by atoms with Crippen LogP contribution in [0.15, 0.2) is 47.4 Å². The summed E-state index contributed by atoms with van der Waals surface area (Å²) >= 11 is 0.